The molecule has 7 aromatic carbocycles. The third kappa shape index (κ3) is 5.04. The number of aromatic nitrogens is 2. The van der Waals surface area contributed by atoms with E-state index in [2.05, 4.69) is 191 Å². The monoisotopic (exact) mass is 788 g/mol. The highest BCUT2D eigenvalue weighted by Gasteiger charge is 2.31. The van der Waals surface area contributed by atoms with E-state index in [-0.39, 0.29) is 0 Å². The molecule has 0 saturated heterocycles. The van der Waals surface area contributed by atoms with Crippen molar-refractivity contribution in [2.45, 2.75) is 30.1 Å². The Hall–Kier alpha value is -6.75. The van der Waals surface area contributed by atoms with Crippen LogP contribution in [-0.2, 0) is 0 Å². The van der Waals surface area contributed by atoms with Crippen molar-refractivity contribution >= 4 is 83.0 Å². The summed E-state index contributed by atoms with van der Waals surface area (Å²) in [6.45, 7) is 0. The topological polar surface area (TPSA) is 23.0 Å². The second-order valence-electron chi connectivity index (χ2n) is 16.6. The van der Waals surface area contributed by atoms with Crippen molar-refractivity contribution in [3.63, 3.8) is 0 Å². The SMILES string of the molecule is C1=CCC(C2=CC=C(n3c4ccccc4c4ccc5c6c7c(ccc6n(-c6cccc(-c8cccc9c8oc8ccccc89)c6)c5c43)SCC7c3ccccc3)CC2)C=C1. The average molecular weight is 789 g/mol. The number of furan rings is 1. The maximum Gasteiger partial charge on any atom is 0.143 e. The summed E-state index contributed by atoms with van der Waals surface area (Å²) in [5.74, 6) is 1.83. The van der Waals surface area contributed by atoms with Crippen LogP contribution in [0.1, 0.15) is 36.3 Å². The zero-order valence-corrected chi connectivity index (χ0v) is 33.8. The van der Waals surface area contributed by atoms with Crippen LogP contribution in [0.4, 0.5) is 0 Å². The van der Waals surface area contributed by atoms with Gasteiger partial charge >= 0.3 is 0 Å². The largest absolute Gasteiger partial charge is 0.455 e. The van der Waals surface area contributed by atoms with Crippen LogP contribution < -0.4 is 0 Å². The molecule has 0 fully saturated rings. The molecule has 3 nitrogen and oxygen atoms in total. The fourth-order valence-corrected chi connectivity index (χ4v) is 11.9. The minimum Gasteiger partial charge on any atom is -0.455 e. The number of benzene rings is 7. The van der Waals surface area contributed by atoms with E-state index >= 15 is 0 Å². The first-order valence-corrected chi connectivity index (χ1v) is 22.2. The lowest BCUT2D eigenvalue weighted by Crippen LogP contribution is -2.08. The predicted molar refractivity (Wildman–Crippen MR) is 253 cm³/mol. The van der Waals surface area contributed by atoms with Gasteiger partial charge in [-0.25, -0.2) is 0 Å². The molecule has 1 aliphatic heterocycles. The van der Waals surface area contributed by atoms with Crippen LogP contribution >= 0.6 is 11.8 Å². The summed E-state index contributed by atoms with van der Waals surface area (Å²) in [4.78, 5) is 1.39. The van der Waals surface area contributed by atoms with Crippen LogP contribution in [0.2, 0.25) is 0 Å². The van der Waals surface area contributed by atoms with Crippen molar-refractivity contribution < 1.29 is 4.42 Å². The average Bonchev–Trinajstić information content (AvgIpc) is 4.09. The van der Waals surface area contributed by atoms with Gasteiger partial charge in [0.25, 0.3) is 0 Å². The van der Waals surface area contributed by atoms with Gasteiger partial charge in [-0.1, -0.05) is 145 Å². The molecule has 2 atom stereocenters. The van der Waals surface area contributed by atoms with Crippen LogP contribution in [0.15, 0.2) is 197 Å². The minimum atomic E-state index is 0.306. The first-order valence-electron chi connectivity index (χ1n) is 21.2. The molecule has 0 amide bonds. The maximum absolute atomic E-state index is 6.60. The Labute approximate surface area is 352 Å². The third-order valence-electron chi connectivity index (χ3n) is 13.4. The number of allylic oxidation sites excluding steroid dienone is 8. The van der Waals surface area contributed by atoms with Crippen LogP contribution in [0, 0.1) is 5.92 Å². The van der Waals surface area contributed by atoms with Crippen LogP contribution in [-0.4, -0.2) is 14.9 Å². The standard InChI is InChI=1S/C56H40N2OS/c1-3-13-35(14-4-1)36-25-27-39(28-26-36)57-48-23-9-7-19-42(48)44-29-30-46-52-49(31-32-51-53(52)47(34-60-51)37-15-5-2-6-16-37)58(55(46)54(44)57)40-18-11-17-38(33-40)41-21-12-22-45-43-20-8-10-24-50(43)59-56(41)45/h1-13,15-25,27,29-33,35,47H,14,26,28,34H2. The van der Waals surface area contributed by atoms with Gasteiger partial charge in [0.2, 0.25) is 0 Å². The van der Waals surface area contributed by atoms with E-state index in [0.29, 0.717) is 11.8 Å². The van der Waals surface area contributed by atoms with Crippen LogP contribution in [0.25, 0.3) is 88.1 Å². The Morgan fingerprint density at radius 1 is 0.600 bits per heavy atom. The second kappa shape index (κ2) is 13.4. The van der Waals surface area contributed by atoms with Crippen molar-refractivity contribution in [1.82, 2.24) is 9.13 Å². The van der Waals surface area contributed by atoms with Crippen LogP contribution in [0.5, 0.6) is 0 Å². The fraction of sp³-hybridized carbons (Fsp3) is 0.107. The lowest BCUT2D eigenvalue weighted by molar-refractivity contribution is 0.670. The zero-order valence-electron chi connectivity index (χ0n) is 33.0. The highest BCUT2D eigenvalue weighted by molar-refractivity contribution is 7.99. The van der Waals surface area contributed by atoms with Gasteiger partial charge in [0.05, 0.1) is 22.1 Å². The molecule has 0 radical (unpaired) electrons. The molecule has 3 aliphatic rings. The Morgan fingerprint density at radius 2 is 1.42 bits per heavy atom. The third-order valence-corrected chi connectivity index (χ3v) is 14.6. The molecular formula is C56H40N2OS. The molecule has 4 heterocycles. The van der Waals surface area contributed by atoms with E-state index in [1.807, 2.05) is 11.8 Å². The Balaban J connectivity index is 1.12. The Bertz CT molecular complexity index is 3530. The maximum atomic E-state index is 6.60. The summed E-state index contributed by atoms with van der Waals surface area (Å²) < 4.78 is 11.8. The van der Waals surface area contributed by atoms with E-state index in [9.17, 15) is 0 Å². The summed E-state index contributed by atoms with van der Waals surface area (Å²) in [6, 6.07) is 53.8. The quantitative estimate of drug-likeness (QED) is 0.173. The van der Waals surface area contributed by atoms with Gasteiger partial charge in [0, 0.05) is 71.7 Å². The Morgan fingerprint density at radius 3 is 2.30 bits per heavy atom. The molecule has 2 aliphatic carbocycles. The number of nitrogens with zero attached hydrogens (tertiary/aromatic N) is 2. The summed E-state index contributed by atoms with van der Waals surface area (Å²) in [6.07, 6.45) is 17.0. The smallest absolute Gasteiger partial charge is 0.143 e. The zero-order chi connectivity index (χ0) is 39.3. The number of hydrogen-bond acceptors (Lipinski definition) is 2. The Kier molecular flexibility index (Phi) is 7.62. The molecule has 0 N–H and O–H groups in total. The molecule has 60 heavy (non-hydrogen) atoms. The van der Waals surface area contributed by atoms with Crippen molar-refractivity contribution in [2.24, 2.45) is 5.92 Å². The summed E-state index contributed by atoms with van der Waals surface area (Å²) in [7, 11) is 0. The molecule has 0 bridgehead atoms. The van der Waals surface area contributed by atoms with Crippen molar-refractivity contribution in [3.05, 3.63) is 199 Å². The first-order chi connectivity index (χ1) is 29.8. The minimum absolute atomic E-state index is 0.306. The van der Waals surface area contributed by atoms with Crippen LogP contribution in [0.3, 0.4) is 0 Å². The normalized spacial score (nSPS) is 17.7. The molecule has 2 unspecified atom stereocenters. The van der Waals surface area contributed by atoms with Gasteiger partial charge in [0.15, 0.2) is 0 Å². The summed E-state index contributed by atoms with van der Waals surface area (Å²) >= 11 is 2.00. The first kappa shape index (κ1) is 34.1. The fourth-order valence-electron chi connectivity index (χ4n) is 10.7. The number of thioether (sulfide) groups is 1. The lowest BCUT2D eigenvalue weighted by atomic mass is 9.86. The van der Waals surface area contributed by atoms with Crippen molar-refractivity contribution in [3.8, 4) is 16.8 Å². The van der Waals surface area contributed by atoms with Gasteiger partial charge in [-0.2, -0.15) is 0 Å². The molecule has 10 aromatic rings. The molecule has 3 aromatic heterocycles. The number of hydrogen-bond donors (Lipinski definition) is 0. The van der Waals surface area contributed by atoms with Gasteiger partial charge in [0.1, 0.15) is 11.2 Å². The molecular weight excluding hydrogens is 749 g/mol. The van der Waals surface area contributed by atoms with E-state index in [0.717, 1.165) is 63.8 Å². The van der Waals surface area contributed by atoms with Gasteiger partial charge in [-0.3, -0.25) is 0 Å². The highest BCUT2D eigenvalue weighted by Crippen LogP contribution is 2.51. The number of para-hydroxylation sites is 3. The van der Waals surface area contributed by atoms with Gasteiger partial charge in [-0.15, -0.1) is 11.8 Å². The van der Waals surface area contributed by atoms with E-state index in [4.69, 9.17) is 4.42 Å². The lowest BCUT2D eigenvalue weighted by Gasteiger charge is -2.23. The second-order valence-corrected chi connectivity index (χ2v) is 17.6. The van der Waals surface area contributed by atoms with E-state index in [1.54, 1.807) is 0 Å². The summed E-state index contributed by atoms with van der Waals surface area (Å²) in [5.41, 5.74) is 16.0. The van der Waals surface area contributed by atoms with Crippen molar-refractivity contribution in [1.29, 1.82) is 0 Å². The molecule has 13 rings (SSSR count). The molecule has 4 heteroatoms. The molecule has 0 saturated carbocycles. The summed E-state index contributed by atoms with van der Waals surface area (Å²) in [5, 5.41) is 7.53. The molecule has 286 valence electrons. The predicted octanol–water partition coefficient (Wildman–Crippen LogP) is 15.4. The van der Waals surface area contributed by atoms with Gasteiger partial charge < -0.3 is 13.6 Å². The number of rotatable bonds is 5. The highest BCUT2D eigenvalue weighted by atomic mass is 32.2. The number of fused-ring (bicyclic) bond motifs is 12. The van der Waals surface area contributed by atoms with Gasteiger partial charge in [-0.05, 0) is 78.4 Å². The van der Waals surface area contributed by atoms with Crippen molar-refractivity contribution in [2.75, 3.05) is 5.75 Å². The van der Waals surface area contributed by atoms with E-state index < -0.39 is 0 Å². The van der Waals surface area contributed by atoms with E-state index in [1.165, 1.54) is 70.9 Å². The molecule has 0 spiro atoms.